The van der Waals surface area contributed by atoms with Crippen molar-refractivity contribution in [2.24, 2.45) is 0 Å². The normalized spacial score (nSPS) is 19.9. The van der Waals surface area contributed by atoms with Gasteiger partial charge in [-0.25, -0.2) is 0 Å². The number of carbonyl (C=O) groups excluding carboxylic acids is 1. The molecule has 1 aliphatic heterocycles. The number of anilines is 1. The molecular weight excluding hydrogens is 244 g/mol. The first-order valence-electron chi connectivity index (χ1n) is 6.56. The summed E-state index contributed by atoms with van der Waals surface area (Å²) >= 11 is 0. The summed E-state index contributed by atoms with van der Waals surface area (Å²) in [6.45, 7) is 3.05. The SMILES string of the molecule is C[C@@H](Oc1cccc(N)c1)C(=O)NC[C@H]1CCCO1. The maximum Gasteiger partial charge on any atom is 0.260 e. The molecule has 0 bridgehead atoms. The van der Waals surface area contributed by atoms with Crippen LogP contribution in [-0.2, 0) is 9.53 Å². The van der Waals surface area contributed by atoms with E-state index in [1.165, 1.54) is 0 Å². The first-order chi connectivity index (χ1) is 9.15. The van der Waals surface area contributed by atoms with E-state index in [2.05, 4.69) is 5.32 Å². The van der Waals surface area contributed by atoms with E-state index < -0.39 is 6.10 Å². The van der Waals surface area contributed by atoms with Gasteiger partial charge in [0.2, 0.25) is 0 Å². The van der Waals surface area contributed by atoms with E-state index >= 15 is 0 Å². The van der Waals surface area contributed by atoms with Crippen molar-refractivity contribution in [3.63, 3.8) is 0 Å². The van der Waals surface area contributed by atoms with Crippen molar-refractivity contribution in [1.82, 2.24) is 5.32 Å². The second-order valence-electron chi connectivity index (χ2n) is 4.71. The Morgan fingerprint density at radius 2 is 2.47 bits per heavy atom. The molecule has 0 spiro atoms. The van der Waals surface area contributed by atoms with Gasteiger partial charge in [-0.1, -0.05) is 6.07 Å². The molecule has 1 fully saturated rings. The lowest BCUT2D eigenvalue weighted by Crippen LogP contribution is -2.40. The van der Waals surface area contributed by atoms with E-state index in [1.807, 2.05) is 0 Å². The lowest BCUT2D eigenvalue weighted by molar-refractivity contribution is -0.127. The topological polar surface area (TPSA) is 73.6 Å². The van der Waals surface area contributed by atoms with Gasteiger partial charge in [-0.05, 0) is 31.9 Å². The minimum atomic E-state index is -0.553. The molecule has 0 unspecified atom stereocenters. The van der Waals surface area contributed by atoms with Crippen molar-refractivity contribution in [3.05, 3.63) is 24.3 Å². The molecule has 2 atom stereocenters. The third-order valence-electron chi connectivity index (χ3n) is 3.07. The first-order valence-corrected chi connectivity index (χ1v) is 6.56. The average molecular weight is 264 g/mol. The molecule has 1 aromatic rings. The smallest absolute Gasteiger partial charge is 0.260 e. The Hall–Kier alpha value is -1.75. The molecule has 2 rings (SSSR count). The maximum atomic E-state index is 11.9. The van der Waals surface area contributed by atoms with Crippen molar-refractivity contribution in [3.8, 4) is 5.75 Å². The van der Waals surface area contributed by atoms with Crippen LogP contribution in [0.2, 0.25) is 0 Å². The van der Waals surface area contributed by atoms with E-state index in [0.29, 0.717) is 18.0 Å². The number of carbonyl (C=O) groups is 1. The fourth-order valence-electron chi connectivity index (χ4n) is 2.01. The lowest BCUT2D eigenvalue weighted by atomic mass is 10.2. The van der Waals surface area contributed by atoms with E-state index in [1.54, 1.807) is 31.2 Å². The Bertz CT molecular complexity index is 430. The number of rotatable bonds is 5. The zero-order chi connectivity index (χ0) is 13.7. The van der Waals surface area contributed by atoms with Gasteiger partial charge >= 0.3 is 0 Å². The maximum absolute atomic E-state index is 11.9. The van der Waals surface area contributed by atoms with Crippen LogP contribution >= 0.6 is 0 Å². The predicted molar refractivity (Wildman–Crippen MR) is 72.9 cm³/mol. The summed E-state index contributed by atoms with van der Waals surface area (Å²) < 4.78 is 11.0. The van der Waals surface area contributed by atoms with Crippen LogP contribution in [0.15, 0.2) is 24.3 Å². The number of nitrogens with one attached hydrogen (secondary N) is 1. The van der Waals surface area contributed by atoms with Gasteiger partial charge in [0, 0.05) is 24.9 Å². The molecule has 0 saturated carbocycles. The highest BCUT2D eigenvalue weighted by molar-refractivity contribution is 5.80. The monoisotopic (exact) mass is 264 g/mol. The summed E-state index contributed by atoms with van der Waals surface area (Å²) in [6.07, 6.45) is 1.66. The number of nitrogens with two attached hydrogens (primary N) is 1. The Balaban J connectivity index is 1.78. The molecule has 1 aliphatic rings. The molecule has 5 nitrogen and oxygen atoms in total. The molecule has 0 aromatic heterocycles. The molecule has 0 radical (unpaired) electrons. The van der Waals surface area contributed by atoms with Gasteiger partial charge in [0.25, 0.3) is 5.91 Å². The molecule has 19 heavy (non-hydrogen) atoms. The fraction of sp³-hybridized carbons (Fsp3) is 0.500. The third-order valence-corrected chi connectivity index (χ3v) is 3.07. The summed E-state index contributed by atoms with van der Waals surface area (Å²) in [5.41, 5.74) is 6.27. The highest BCUT2D eigenvalue weighted by atomic mass is 16.5. The molecule has 1 amide bonds. The number of benzene rings is 1. The zero-order valence-corrected chi connectivity index (χ0v) is 11.1. The summed E-state index contributed by atoms with van der Waals surface area (Å²) in [4.78, 5) is 11.9. The van der Waals surface area contributed by atoms with Crippen molar-refractivity contribution < 1.29 is 14.3 Å². The van der Waals surface area contributed by atoms with Gasteiger partial charge in [0.15, 0.2) is 6.10 Å². The van der Waals surface area contributed by atoms with Gasteiger partial charge in [-0.2, -0.15) is 0 Å². The summed E-state index contributed by atoms with van der Waals surface area (Å²) in [7, 11) is 0. The van der Waals surface area contributed by atoms with Gasteiger partial charge in [-0.15, -0.1) is 0 Å². The van der Waals surface area contributed by atoms with Gasteiger partial charge in [-0.3, -0.25) is 4.79 Å². The Morgan fingerprint density at radius 1 is 1.63 bits per heavy atom. The van der Waals surface area contributed by atoms with Crippen LogP contribution in [0, 0.1) is 0 Å². The van der Waals surface area contributed by atoms with Crippen LogP contribution in [0.25, 0.3) is 0 Å². The third kappa shape index (κ3) is 4.13. The minimum Gasteiger partial charge on any atom is -0.481 e. The number of nitrogen functional groups attached to an aromatic ring is 1. The second kappa shape index (κ2) is 6.43. The van der Waals surface area contributed by atoms with Crippen molar-refractivity contribution in [2.75, 3.05) is 18.9 Å². The molecule has 3 N–H and O–H groups in total. The quantitative estimate of drug-likeness (QED) is 0.787. The molecular formula is C14H20N2O3. The lowest BCUT2D eigenvalue weighted by Gasteiger charge is -2.16. The minimum absolute atomic E-state index is 0.141. The standard InChI is InChI=1S/C14H20N2O3/c1-10(19-12-5-2-4-11(15)8-12)14(17)16-9-13-6-3-7-18-13/h2,4-5,8,10,13H,3,6-7,9,15H2,1H3,(H,16,17)/t10-,13-/m1/s1. The van der Waals surface area contributed by atoms with Gasteiger partial charge in [0.1, 0.15) is 5.75 Å². The largest absolute Gasteiger partial charge is 0.481 e. The Labute approximate surface area is 113 Å². The average Bonchev–Trinajstić information content (AvgIpc) is 2.89. The van der Waals surface area contributed by atoms with Crippen LogP contribution in [0.1, 0.15) is 19.8 Å². The molecule has 0 aliphatic carbocycles. The van der Waals surface area contributed by atoms with E-state index in [9.17, 15) is 4.79 Å². The molecule has 1 saturated heterocycles. The number of hydrogen-bond donors (Lipinski definition) is 2. The van der Waals surface area contributed by atoms with Crippen LogP contribution in [0.4, 0.5) is 5.69 Å². The van der Waals surface area contributed by atoms with Crippen LogP contribution in [-0.4, -0.2) is 31.3 Å². The van der Waals surface area contributed by atoms with E-state index in [-0.39, 0.29) is 12.0 Å². The Kier molecular flexibility index (Phi) is 4.63. The zero-order valence-electron chi connectivity index (χ0n) is 11.1. The van der Waals surface area contributed by atoms with E-state index in [4.69, 9.17) is 15.2 Å². The van der Waals surface area contributed by atoms with Crippen molar-refractivity contribution in [1.29, 1.82) is 0 Å². The van der Waals surface area contributed by atoms with Crippen LogP contribution < -0.4 is 15.8 Å². The summed E-state index contributed by atoms with van der Waals surface area (Å²) in [6, 6.07) is 7.04. The van der Waals surface area contributed by atoms with Crippen LogP contribution in [0.3, 0.4) is 0 Å². The van der Waals surface area contributed by atoms with E-state index in [0.717, 1.165) is 19.4 Å². The first kappa shape index (κ1) is 13.7. The summed E-state index contributed by atoms with van der Waals surface area (Å²) in [5, 5.41) is 2.84. The molecule has 104 valence electrons. The second-order valence-corrected chi connectivity index (χ2v) is 4.71. The van der Waals surface area contributed by atoms with Crippen molar-refractivity contribution in [2.45, 2.75) is 32.0 Å². The van der Waals surface area contributed by atoms with Crippen LogP contribution in [0.5, 0.6) is 5.75 Å². The summed E-state index contributed by atoms with van der Waals surface area (Å²) in [5.74, 6) is 0.456. The van der Waals surface area contributed by atoms with Crippen molar-refractivity contribution >= 4 is 11.6 Å². The molecule has 1 aromatic carbocycles. The molecule has 1 heterocycles. The fourth-order valence-corrected chi connectivity index (χ4v) is 2.01. The highest BCUT2D eigenvalue weighted by Gasteiger charge is 2.19. The number of ether oxygens (including phenoxy) is 2. The number of hydrogen-bond acceptors (Lipinski definition) is 4. The number of amides is 1. The Morgan fingerprint density at radius 3 is 3.16 bits per heavy atom. The predicted octanol–water partition coefficient (Wildman–Crippen LogP) is 1.33. The van der Waals surface area contributed by atoms with Gasteiger partial charge < -0.3 is 20.5 Å². The highest BCUT2D eigenvalue weighted by Crippen LogP contribution is 2.16. The molecule has 5 heteroatoms. The van der Waals surface area contributed by atoms with Gasteiger partial charge in [0.05, 0.1) is 6.10 Å².